The molecular weight excluding hydrogens is 447 g/mol. The molecule has 1 saturated carbocycles. The van der Waals surface area contributed by atoms with E-state index < -0.39 is 15.8 Å². The molecule has 2 aliphatic rings. The molecule has 3 heterocycles. The molecule has 1 aliphatic heterocycles. The van der Waals surface area contributed by atoms with E-state index in [2.05, 4.69) is 31.9 Å². The molecule has 2 aromatic heterocycles. The Morgan fingerprint density at radius 2 is 2.12 bits per heavy atom. The van der Waals surface area contributed by atoms with Crippen LogP contribution in [0, 0.1) is 5.82 Å². The van der Waals surface area contributed by atoms with E-state index in [1.54, 1.807) is 12.3 Å². The summed E-state index contributed by atoms with van der Waals surface area (Å²) in [5, 5.41) is 14.5. The minimum atomic E-state index is -3.64. The summed E-state index contributed by atoms with van der Waals surface area (Å²) >= 11 is 0. The summed E-state index contributed by atoms with van der Waals surface area (Å²) in [5.74, 6) is -0.0239. The third-order valence-corrected chi connectivity index (χ3v) is 7.78. The Labute approximate surface area is 189 Å². The van der Waals surface area contributed by atoms with Crippen molar-refractivity contribution in [3.8, 4) is 0 Å². The van der Waals surface area contributed by atoms with E-state index in [1.165, 1.54) is 16.8 Å². The summed E-state index contributed by atoms with van der Waals surface area (Å²) in [6.07, 6.45) is 4.07. The van der Waals surface area contributed by atoms with E-state index >= 15 is 0 Å². The standard InChI is InChI=1S/C22H23FN6O3S/c1-12(2)14-8-21(30)29(24-10-14)15-4-3-13(7-15)18-9-20(28-27-18)26-17-5-6-19-16(22(17)23)11-25-33(19,31)32/h5-6,8-10,13,15,25H,1,3-4,7,11H2,2H3,(H2,26,27,28)/t13-,15+/m1/s1. The molecule has 172 valence electrons. The summed E-state index contributed by atoms with van der Waals surface area (Å²) in [6, 6.07) is 6.15. The first-order chi connectivity index (χ1) is 15.7. The zero-order chi connectivity index (χ0) is 23.3. The Kier molecular flexibility index (Phi) is 5.17. The molecule has 3 N–H and O–H groups in total. The zero-order valence-corrected chi connectivity index (χ0v) is 18.7. The minimum absolute atomic E-state index is 0.00927. The topological polar surface area (TPSA) is 122 Å². The van der Waals surface area contributed by atoms with Crippen LogP contribution < -0.4 is 15.6 Å². The molecule has 1 aliphatic carbocycles. The van der Waals surface area contributed by atoms with Crippen molar-refractivity contribution in [1.82, 2.24) is 24.7 Å². The summed E-state index contributed by atoms with van der Waals surface area (Å²) < 4.78 is 42.4. The van der Waals surface area contributed by atoms with E-state index in [4.69, 9.17) is 0 Å². The van der Waals surface area contributed by atoms with Crippen LogP contribution >= 0.6 is 0 Å². The number of halogens is 1. The fourth-order valence-corrected chi connectivity index (χ4v) is 5.72. The van der Waals surface area contributed by atoms with Crippen LogP contribution in [0.1, 0.15) is 55.0 Å². The molecule has 1 aromatic carbocycles. The zero-order valence-electron chi connectivity index (χ0n) is 17.9. The predicted octanol–water partition coefficient (Wildman–Crippen LogP) is 3.18. The van der Waals surface area contributed by atoms with Crippen LogP contribution in [0.5, 0.6) is 0 Å². The van der Waals surface area contributed by atoms with Gasteiger partial charge in [-0.15, -0.1) is 0 Å². The van der Waals surface area contributed by atoms with Gasteiger partial charge in [0.25, 0.3) is 5.56 Å². The highest BCUT2D eigenvalue weighted by atomic mass is 32.2. The molecule has 1 fully saturated rings. The molecule has 33 heavy (non-hydrogen) atoms. The Morgan fingerprint density at radius 1 is 1.30 bits per heavy atom. The molecule has 0 bridgehead atoms. The van der Waals surface area contributed by atoms with E-state index in [-0.39, 0.29) is 40.2 Å². The van der Waals surface area contributed by atoms with Gasteiger partial charge in [0.1, 0.15) is 0 Å². The number of benzene rings is 1. The van der Waals surface area contributed by atoms with Crippen molar-refractivity contribution < 1.29 is 12.8 Å². The lowest BCUT2D eigenvalue weighted by Crippen LogP contribution is -2.25. The molecule has 3 aromatic rings. The summed E-state index contributed by atoms with van der Waals surface area (Å²) in [5.41, 5.74) is 2.55. The van der Waals surface area contributed by atoms with E-state index in [9.17, 15) is 17.6 Å². The summed E-state index contributed by atoms with van der Waals surface area (Å²) in [4.78, 5) is 12.4. The molecule has 0 spiro atoms. The van der Waals surface area contributed by atoms with Crippen molar-refractivity contribution in [2.24, 2.45) is 0 Å². The fourth-order valence-electron chi connectivity index (χ4n) is 4.50. The molecule has 0 amide bonds. The maximum atomic E-state index is 14.8. The maximum Gasteiger partial charge on any atom is 0.267 e. The molecule has 5 rings (SSSR count). The second-order valence-corrected chi connectivity index (χ2v) is 10.3. The van der Waals surface area contributed by atoms with Crippen LogP contribution in [0.3, 0.4) is 0 Å². The lowest BCUT2D eigenvalue weighted by Gasteiger charge is -2.13. The number of nitrogens with one attached hydrogen (secondary N) is 3. The fraction of sp³-hybridized carbons (Fsp3) is 0.318. The van der Waals surface area contributed by atoms with E-state index in [0.717, 1.165) is 36.1 Å². The predicted molar refractivity (Wildman–Crippen MR) is 121 cm³/mol. The number of hydrogen-bond acceptors (Lipinski definition) is 6. The number of hydrogen-bond donors (Lipinski definition) is 3. The van der Waals surface area contributed by atoms with Gasteiger partial charge in [-0.3, -0.25) is 9.89 Å². The van der Waals surface area contributed by atoms with Gasteiger partial charge in [0.2, 0.25) is 10.0 Å². The normalized spacial score (nSPS) is 21.2. The van der Waals surface area contributed by atoms with Gasteiger partial charge in [0.15, 0.2) is 11.6 Å². The first-order valence-corrected chi connectivity index (χ1v) is 12.1. The molecule has 11 heteroatoms. The minimum Gasteiger partial charge on any atom is -0.336 e. The van der Waals surface area contributed by atoms with Crippen molar-refractivity contribution >= 4 is 27.1 Å². The maximum absolute atomic E-state index is 14.8. The monoisotopic (exact) mass is 470 g/mol. The lowest BCUT2D eigenvalue weighted by atomic mass is 10.0. The number of sulfonamides is 1. The highest BCUT2D eigenvalue weighted by Gasteiger charge is 2.31. The summed E-state index contributed by atoms with van der Waals surface area (Å²) in [7, 11) is -3.64. The third-order valence-electron chi connectivity index (χ3n) is 6.30. The highest BCUT2D eigenvalue weighted by Crippen LogP contribution is 2.40. The number of nitrogens with zero attached hydrogens (tertiary/aromatic N) is 3. The van der Waals surface area contributed by atoms with Crippen LogP contribution in [0.2, 0.25) is 0 Å². The average Bonchev–Trinajstić information content (AvgIpc) is 3.49. The highest BCUT2D eigenvalue weighted by molar-refractivity contribution is 7.89. The largest absolute Gasteiger partial charge is 0.336 e. The van der Waals surface area contributed by atoms with Crippen LogP contribution in [0.15, 0.2) is 46.7 Å². The van der Waals surface area contributed by atoms with Gasteiger partial charge in [0.05, 0.1) is 22.8 Å². The van der Waals surface area contributed by atoms with Crippen molar-refractivity contribution in [3.05, 3.63) is 70.0 Å². The van der Waals surface area contributed by atoms with Crippen LogP contribution in [-0.4, -0.2) is 28.4 Å². The molecule has 0 unspecified atom stereocenters. The smallest absolute Gasteiger partial charge is 0.267 e. The molecular formula is C22H23FN6O3S. The van der Waals surface area contributed by atoms with Crippen molar-refractivity contribution in [1.29, 1.82) is 0 Å². The van der Waals surface area contributed by atoms with Crippen LogP contribution in [0.25, 0.3) is 5.57 Å². The van der Waals surface area contributed by atoms with Gasteiger partial charge in [-0.25, -0.2) is 22.2 Å². The Morgan fingerprint density at radius 3 is 2.88 bits per heavy atom. The molecule has 0 saturated heterocycles. The summed E-state index contributed by atoms with van der Waals surface area (Å²) in [6.45, 7) is 5.61. The Balaban J connectivity index is 1.30. The number of fused-ring (bicyclic) bond motifs is 1. The third kappa shape index (κ3) is 3.87. The van der Waals surface area contributed by atoms with Gasteiger partial charge in [0, 0.05) is 41.4 Å². The van der Waals surface area contributed by atoms with Gasteiger partial charge in [-0.2, -0.15) is 10.2 Å². The van der Waals surface area contributed by atoms with Crippen molar-refractivity contribution in [2.45, 2.75) is 49.6 Å². The Hall–Kier alpha value is -3.31. The van der Waals surface area contributed by atoms with Gasteiger partial charge in [-0.05, 0) is 43.9 Å². The first-order valence-electron chi connectivity index (χ1n) is 10.6. The average molecular weight is 471 g/mol. The Bertz CT molecular complexity index is 1430. The number of aromatic nitrogens is 4. The number of aromatic amines is 1. The SMILES string of the molecule is C=C(C)c1cnn([C@H]2CC[C@@H](c3cc(Nc4ccc5c(c4F)CNS5(=O)=O)n[nH]3)C2)c(=O)c1. The van der Waals surface area contributed by atoms with Gasteiger partial charge < -0.3 is 5.32 Å². The van der Waals surface area contributed by atoms with Crippen LogP contribution in [0.4, 0.5) is 15.9 Å². The van der Waals surface area contributed by atoms with E-state index in [0.29, 0.717) is 5.82 Å². The number of allylic oxidation sites excluding steroid dienone is 1. The van der Waals surface area contributed by atoms with Gasteiger partial charge >= 0.3 is 0 Å². The molecule has 0 radical (unpaired) electrons. The second-order valence-electron chi connectivity index (χ2n) is 8.53. The number of H-pyrrole nitrogens is 1. The number of anilines is 2. The van der Waals surface area contributed by atoms with Crippen molar-refractivity contribution in [3.63, 3.8) is 0 Å². The van der Waals surface area contributed by atoms with Crippen molar-refractivity contribution in [2.75, 3.05) is 5.32 Å². The first kappa shape index (κ1) is 21.5. The van der Waals surface area contributed by atoms with E-state index in [1.807, 2.05) is 13.0 Å². The van der Waals surface area contributed by atoms with Gasteiger partial charge in [-0.1, -0.05) is 6.58 Å². The molecule has 2 atom stereocenters. The number of rotatable bonds is 5. The quantitative estimate of drug-likeness (QED) is 0.527. The lowest BCUT2D eigenvalue weighted by molar-refractivity contribution is 0.437. The molecule has 9 nitrogen and oxygen atoms in total. The second kappa shape index (κ2) is 7.92. The van der Waals surface area contributed by atoms with Crippen LogP contribution in [-0.2, 0) is 16.6 Å².